The number of pyridine rings is 1. The predicted octanol–water partition coefficient (Wildman–Crippen LogP) is 3.65. The van der Waals surface area contributed by atoms with Gasteiger partial charge in [-0.1, -0.05) is 0 Å². The summed E-state index contributed by atoms with van der Waals surface area (Å²) < 4.78 is 24.2. The van der Waals surface area contributed by atoms with Crippen LogP contribution in [-0.4, -0.2) is 64.4 Å². The molecule has 188 valence electrons. The quantitative estimate of drug-likeness (QED) is 0.459. The number of hydrogen-bond acceptors (Lipinski definition) is 10. The molecular weight excluding hydrogens is 450 g/mol. The van der Waals surface area contributed by atoms with E-state index in [0.29, 0.717) is 42.0 Å². The Hall–Kier alpha value is -2.95. The summed E-state index contributed by atoms with van der Waals surface area (Å²) >= 11 is 0. The third-order valence-electron chi connectivity index (χ3n) is 6.64. The molecule has 0 bridgehead atoms. The predicted molar refractivity (Wildman–Crippen MR) is 132 cm³/mol. The van der Waals surface area contributed by atoms with Crippen molar-refractivity contribution in [1.82, 2.24) is 15.0 Å². The van der Waals surface area contributed by atoms with Crippen molar-refractivity contribution in [2.24, 2.45) is 5.92 Å². The van der Waals surface area contributed by atoms with E-state index in [2.05, 4.69) is 20.6 Å². The van der Waals surface area contributed by atoms with E-state index in [0.717, 1.165) is 22.3 Å². The Labute approximate surface area is 204 Å². The average Bonchev–Trinajstić information content (AvgIpc) is 3.45. The molecule has 1 saturated heterocycles. The first kappa shape index (κ1) is 23.8. The molecule has 10 nitrogen and oxygen atoms in total. The molecule has 3 N–H and O–H groups in total. The van der Waals surface area contributed by atoms with Crippen LogP contribution in [0, 0.1) is 19.8 Å². The van der Waals surface area contributed by atoms with E-state index in [-0.39, 0.29) is 30.8 Å². The second-order valence-electron chi connectivity index (χ2n) is 9.61. The molecule has 3 aromatic rings. The molecule has 0 unspecified atom stereocenters. The number of hydrogen-bond donors (Lipinski definition) is 3. The van der Waals surface area contributed by atoms with E-state index in [9.17, 15) is 5.11 Å². The SMILES string of the molecule is CCOc1cc2cc(-c3c(C)nc(NC)nc3N[C@@H]3C[C@H](CO)[C@H]4OC(C)(C)O[C@H]43)oc2c(C)n1. The number of furan rings is 1. The summed E-state index contributed by atoms with van der Waals surface area (Å²) in [7, 11) is 1.79. The molecule has 5 rings (SSSR count). The first-order chi connectivity index (χ1) is 16.7. The highest BCUT2D eigenvalue weighted by Crippen LogP contribution is 2.44. The van der Waals surface area contributed by atoms with Gasteiger partial charge in [0.05, 0.1) is 35.7 Å². The topological polar surface area (TPSA) is 124 Å². The monoisotopic (exact) mass is 483 g/mol. The van der Waals surface area contributed by atoms with Gasteiger partial charge in [0, 0.05) is 31.0 Å². The van der Waals surface area contributed by atoms with Crippen LogP contribution in [0.5, 0.6) is 5.88 Å². The first-order valence-electron chi connectivity index (χ1n) is 12.1. The minimum atomic E-state index is -0.703. The Balaban J connectivity index is 1.56. The van der Waals surface area contributed by atoms with Crippen LogP contribution in [0.3, 0.4) is 0 Å². The van der Waals surface area contributed by atoms with E-state index in [1.54, 1.807) is 7.05 Å². The number of aryl methyl sites for hydroxylation is 2. The lowest BCUT2D eigenvalue weighted by Gasteiger charge is -2.24. The molecule has 4 heterocycles. The van der Waals surface area contributed by atoms with Crippen LogP contribution in [0.2, 0.25) is 0 Å². The van der Waals surface area contributed by atoms with Crippen LogP contribution in [-0.2, 0) is 9.47 Å². The zero-order valence-corrected chi connectivity index (χ0v) is 21.0. The van der Waals surface area contributed by atoms with Crippen molar-refractivity contribution in [1.29, 1.82) is 0 Å². The van der Waals surface area contributed by atoms with Crippen molar-refractivity contribution in [2.75, 3.05) is 30.9 Å². The van der Waals surface area contributed by atoms with Gasteiger partial charge in [0.25, 0.3) is 0 Å². The van der Waals surface area contributed by atoms with E-state index in [4.69, 9.17) is 23.6 Å². The van der Waals surface area contributed by atoms with Crippen LogP contribution >= 0.6 is 0 Å². The maximum atomic E-state index is 9.96. The molecule has 0 spiro atoms. The molecule has 2 fully saturated rings. The van der Waals surface area contributed by atoms with Crippen molar-refractivity contribution in [3.05, 3.63) is 23.5 Å². The lowest BCUT2D eigenvalue weighted by Crippen LogP contribution is -2.35. The summed E-state index contributed by atoms with van der Waals surface area (Å²) in [6, 6.07) is 3.74. The lowest BCUT2D eigenvalue weighted by atomic mass is 10.1. The molecule has 0 amide bonds. The number of ether oxygens (including phenoxy) is 3. The van der Waals surface area contributed by atoms with E-state index in [1.807, 2.05) is 46.8 Å². The molecule has 0 aromatic carbocycles. The Morgan fingerprint density at radius 3 is 2.60 bits per heavy atom. The summed E-state index contributed by atoms with van der Waals surface area (Å²) in [5.41, 5.74) is 2.97. The average molecular weight is 484 g/mol. The largest absolute Gasteiger partial charge is 0.478 e. The molecule has 4 atom stereocenters. The van der Waals surface area contributed by atoms with Crippen LogP contribution < -0.4 is 15.4 Å². The molecule has 3 aromatic heterocycles. The van der Waals surface area contributed by atoms with E-state index >= 15 is 0 Å². The van der Waals surface area contributed by atoms with Crippen molar-refractivity contribution < 1.29 is 23.7 Å². The summed E-state index contributed by atoms with van der Waals surface area (Å²) in [5.74, 6) is 1.61. The van der Waals surface area contributed by atoms with Crippen molar-refractivity contribution in [3.8, 4) is 17.2 Å². The Bertz CT molecular complexity index is 1240. The fraction of sp³-hybridized carbons (Fsp3) is 0.560. The zero-order chi connectivity index (χ0) is 24.9. The summed E-state index contributed by atoms with van der Waals surface area (Å²) in [6.45, 7) is 10.1. The second-order valence-corrected chi connectivity index (χ2v) is 9.61. The maximum absolute atomic E-state index is 9.96. The van der Waals surface area contributed by atoms with Gasteiger partial charge < -0.3 is 34.4 Å². The third-order valence-corrected chi connectivity index (χ3v) is 6.64. The van der Waals surface area contributed by atoms with Gasteiger partial charge in [-0.3, -0.25) is 0 Å². The molecule has 35 heavy (non-hydrogen) atoms. The number of aliphatic hydroxyl groups excluding tert-OH is 1. The van der Waals surface area contributed by atoms with E-state index < -0.39 is 5.79 Å². The lowest BCUT2D eigenvalue weighted by molar-refractivity contribution is -0.158. The van der Waals surface area contributed by atoms with Crippen molar-refractivity contribution in [2.45, 2.75) is 65.1 Å². The molecule has 1 aliphatic carbocycles. The van der Waals surface area contributed by atoms with Gasteiger partial charge in [-0.2, -0.15) is 4.98 Å². The molecule has 1 aliphatic heterocycles. The normalized spacial score (nSPS) is 25.1. The fourth-order valence-electron chi connectivity index (χ4n) is 5.19. The summed E-state index contributed by atoms with van der Waals surface area (Å²) in [5, 5.41) is 17.5. The van der Waals surface area contributed by atoms with Crippen LogP contribution in [0.4, 0.5) is 11.8 Å². The molecule has 0 radical (unpaired) electrons. The van der Waals surface area contributed by atoms with Crippen molar-refractivity contribution in [3.63, 3.8) is 0 Å². The third kappa shape index (κ3) is 4.30. The minimum absolute atomic E-state index is 0.0219. The number of fused-ring (bicyclic) bond motifs is 2. The van der Waals surface area contributed by atoms with Gasteiger partial charge in [-0.15, -0.1) is 0 Å². The maximum Gasteiger partial charge on any atom is 0.224 e. The standard InChI is InChI=1S/C25H33N5O5/c1-7-32-18-10-14-9-17(33-20(14)13(3)27-18)19-12(2)28-24(26-6)30-23(19)29-16-8-15(11-31)21-22(16)35-25(4,5)34-21/h9-10,15-16,21-22,31H,7-8,11H2,1-6H3,(H2,26,28,29,30)/t15-,16-,21-,22+/m1/s1. The van der Waals surface area contributed by atoms with Gasteiger partial charge in [-0.05, 0) is 47.1 Å². The number of aromatic nitrogens is 3. The molecule has 2 aliphatic rings. The van der Waals surface area contributed by atoms with E-state index in [1.165, 1.54) is 0 Å². The Kier molecular flexibility index (Phi) is 6.06. The highest BCUT2D eigenvalue weighted by molar-refractivity contribution is 5.88. The zero-order valence-electron chi connectivity index (χ0n) is 21.0. The van der Waals surface area contributed by atoms with Gasteiger partial charge in [0.15, 0.2) is 11.4 Å². The van der Waals surface area contributed by atoms with Gasteiger partial charge in [0.2, 0.25) is 11.8 Å². The van der Waals surface area contributed by atoms with Crippen LogP contribution in [0.1, 0.15) is 38.6 Å². The highest BCUT2D eigenvalue weighted by Gasteiger charge is 2.54. The first-order valence-corrected chi connectivity index (χ1v) is 12.1. The highest BCUT2D eigenvalue weighted by atomic mass is 16.8. The van der Waals surface area contributed by atoms with Crippen LogP contribution in [0.15, 0.2) is 16.5 Å². The summed E-state index contributed by atoms with van der Waals surface area (Å²) in [6.07, 6.45) is 0.305. The Morgan fingerprint density at radius 1 is 1.11 bits per heavy atom. The molecule has 10 heteroatoms. The van der Waals surface area contributed by atoms with Crippen molar-refractivity contribution >= 4 is 22.7 Å². The fourth-order valence-corrected chi connectivity index (χ4v) is 5.19. The van der Waals surface area contributed by atoms with Gasteiger partial charge in [-0.25, -0.2) is 9.97 Å². The molecule has 1 saturated carbocycles. The number of anilines is 2. The van der Waals surface area contributed by atoms with Gasteiger partial charge in [0.1, 0.15) is 17.7 Å². The Morgan fingerprint density at radius 2 is 1.89 bits per heavy atom. The van der Waals surface area contributed by atoms with Gasteiger partial charge >= 0.3 is 0 Å². The minimum Gasteiger partial charge on any atom is -0.478 e. The van der Waals surface area contributed by atoms with Crippen LogP contribution in [0.25, 0.3) is 22.3 Å². The number of nitrogens with one attached hydrogen (secondary N) is 2. The summed E-state index contributed by atoms with van der Waals surface area (Å²) in [4.78, 5) is 13.8. The number of aliphatic hydroxyl groups is 1. The number of nitrogens with zero attached hydrogens (tertiary/aromatic N) is 3. The number of rotatable bonds is 7. The molecular formula is C25H33N5O5. The smallest absolute Gasteiger partial charge is 0.224 e. The second kappa shape index (κ2) is 8.92.